The van der Waals surface area contributed by atoms with E-state index in [1.165, 1.54) is 0 Å². The van der Waals surface area contributed by atoms with E-state index >= 15 is 0 Å². The Balaban J connectivity index is 1.82. The zero-order valence-corrected chi connectivity index (χ0v) is 10.9. The van der Waals surface area contributed by atoms with Crippen molar-refractivity contribution in [3.05, 3.63) is 29.9 Å². The predicted octanol–water partition coefficient (Wildman–Crippen LogP) is 2.46. The molecule has 2 aromatic rings. The smallest absolute Gasteiger partial charge is 0.230 e. The van der Waals surface area contributed by atoms with Gasteiger partial charge >= 0.3 is 0 Å². The van der Waals surface area contributed by atoms with E-state index in [2.05, 4.69) is 15.1 Å². The summed E-state index contributed by atoms with van der Waals surface area (Å²) in [5.74, 6) is 1.60. The highest BCUT2D eigenvalue weighted by molar-refractivity contribution is 5.57. The van der Waals surface area contributed by atoms with Crippen molar-refractivity contribution in [2.75, 3.05) is 0 Å². The fourth-order valence-corrected chi connectivity index (χ4v) is 2.56. The van der Waals surface area contributed by atoms with Gasteiger partial charge in [0, 0.05) is 23.9 Å². The molecular formula is C14H17N3O2. The highest BCUT2D eigenvalue weighted by Gasteiger charge is 2.25. The summed E-state index contributed by atoms with van der Waals surface area (Å²) in [5, 5.41) is 13.6. The van der Waals surface area contributed by atoms with Crippen LogP contribution in [0.25, 0.3) is 11.4 Å². The summed E-state index contributed by atoms with van der Waals surface area (Å²) in [6.45, 7) is 1.98. The van der Waals surface area contributed by atoms with Gasteiger partial charge in [-0.05, 0) is 44.2 Å². The van der Waals surface area contributed by atoms with E-state index in [0.717, 1.165) is 36.8 Å². The maximum Gasteiger partial charge on any atom is 0.230 e. The summed E-state index contributed by atoms with van der Waals surface area (Å²) in [6.07, 6.45) is 6.82. The fourth-order valence-electron chi connectivity index (χ4n) is 2.56. The molecule has 0 amide bonds. The minimum atomic E-state index is -0.166. The van der Waals surface area contributed by atoms with Gasteiger partial charge in [-0.1, -0.05) is 5.16 Å². The van der Waals surface area contributed by atoms with Crippen LogP contribution in [0.2, 0.25) is 0 Å². The van der Waals surface area contributed by atoms with Gasteiger partial charge in [0.05, 0.1) is 6.10 Å². The molecule has 0 spiro atoms. The number of aryl methyl sites for hydroxylation is 1. The van der Waals surface area contributed by atoms with Crippen LogP contribution in [0.4, 0.5) is 0 Å². The van der Waals surface area contributed by atoms with E-state index in [1.807, 2.05) is 13.0 Å². The summed E-state index contributed by atoms with van der Waals surface area (Å²) in [6, 6.07) is 1.90. The zero-order chi connectivity index (χ0) is 13.2. The van der Waals surface area contributed by atoms with Gasteiger partial charge < -0.3 is 9.63 Å². The monoisotopic (exact) mass is 259 g/mol. The van der Waals surface area contributed by atoms with Crippen molar-refractivity contribution in [3.8, 4) is 11.4 Å². The Bertz CT molecular complexity index is 559. The van der Waals surface area contributed by atoms with Gasteiger partial charge in [0.25, 0.3) is 0 Å². The molecule has 19 heavy (non-hydrogen) atoms. The molecule has 0 aliphatic heterocycles. The average molecular weight is 259 g/mol. The SMILES string of the molecule is Cc1cnccc1-c1noc(C2CCC(O)CC2)n1. The van der Waals surface area contributed by atoms with Crippen LogP contribution in [0.15, 0.2) is 23.0 Å². The Morgan fingerprint density at radius 1 is 1.26 bits per heavy atom. The van der Waals surface area contributed by atoms with E-state index in [0.29, 0.717) is 11.7 Å². The van der Waals surface area contributed by atoms with E-state index < -0.39 is 0 Å². The maximum absolute atomic E-state index is 9.52. The number of hydrogen-bond donors (Lipinski definition) is 1. The second kappa shape index (κ2) is 5.09. The van der Waals surface area contributed by atoms with Crippen molar-refractivity contribution >= 4 is 0 Å². The number of rotatable bonds is 2. The third kappa shape index (κ3) is 2.51. The lowest BCUT2D eigenvalue weighted by molar-refractivity contribution is 0.116. The molecule has 0 atom stereocenters. The van der Waals surface area contributed by atoms with E-state index in [4.69, 9.17) is 4.52 Å². The molecule has 100 valence electrons. The third-order valence-corrected chi connectivity index (χ3v) is 3.75. The molecule has 1 saturated carbocycles. The van der Waals surface area contributed by atoms with Crippen LogP contribution in [0.1, 0.15) is 43.1 Å². The number of pyridine rings is 1. The summed E-state index contributed by atoms with van der Waals surface area (Å²) in [7, 11) is 0. The lowest BCUT2D eigenvalue weighted by atomic mass is 9.87. The van der Waals surface area contributed by atoms with Gasteiger partial charge in [-0.3, -0.25) is 4.98 Å². The first-order chi connectivity index (χ1) is 9.24. The molecule has 5 heteroatoms. The lowest BCUT2D eigenvalue weighted by Gasteiger charge is -2.22. The number of aliphatic hydroxyl groups is 1. The number of aliphatic hydroxyl groups excluding tert-OH is 1. The number of hydrogen-bond acceptors (Lipinski definition) is 5. The van der Waals surface area contributed by atoms with Gasteiger partial charge in [0.15, 0.2) is 0 Å². The summed E-state index contributed by atoms with van der Waals surface area (Å²) < 4.78 is 5.39. The topological polar surface area (TPSA) is 72.0 Å². The molecule has 0 aromatic carbocycles. The Morgan fingerprint density at radius 3 is 2.79 bits per heavy atom. The first kappa shape index (κ1) is 12.3. The van der Waals surface area contributed by atoms with Crippen molar-refractivity contribution in [1.82, 2.24) is 15.1 Å². The molecule has 2 aromatic heterocycles. The van der Waals surface area contributed by atoms with E-state index in [9.17, 15) is 5.11 Å². The predicted molar refractivity (Wildman–Crippen MR) is 69.5 cm³/mol. The van der Waals surface area contributed by atoms with Crippen LogP contribution in [0, 0.1) is 6.92 Å². The van der Waals surface area contributed by atoms with E-state index in [1.54, 1.807) is 12.4 Å². The van der Waals surface area contributed by atoms with Crippen molar-refractivity contribution in [1.29, 1.82) is 0 Å². The molecule has 2 heterocycles. The first-order valence-electron chi connectivity index (χ1n) is 6.66. The summed E-state index contributed by atoms with van der Waals surface area (Å²) in [4.78, 5) is 8.56. The van der Waals surface area contributed by atoms with Crippen molar-refractivity contribution in [2.45, 2.75) is 44.6 Å². The molecule has 0 saturated heterocycles. The normalized spacial score (nSPS) is 23.5. The Morgan fingerprint density at radius 2 is 2.05 bits per heavy atom. The molecule has 1 fully saturated rings. The molecule has 0 radical (unpaired) electrons. The van der Waals surface area contributed by atoms with Gasteiger partial charge in [-0.15, -0.1) is 0 Å². The number of nitrogens with zero attached hydrogens (tertiary/aromatic N) is 3. The second-order valence-electron chi connectivity index (χ2n) is 5.15. The highest BCUT2D eigenvalue weighted by Crippen LogP contribution is 2.33. The van der Waals surface area contributed by atoms with Crippen LogP contribution in [0.5, 0.6) is 0 Å². The van der Waals surface area contributed by atoms with Crippen LogP contribution in [0.3, 0.4) is 0 Å². The molecule has 5 nitrogen and oxygen atoms in total. The molecule has 0 unspecified atom stereocenters. The van der Waals surface area contributed by atoms with Gasteiger partial charge in [0.1, 0.15) is 0 Å². The molecule has 1 N–H and O–H groups in total. The molecule has 1 aliphatic rings. The third-order valence-electron chi connectivity index (χ3n) is 3.75. The van der Waals surface area contributed by atoms with Gasteiger partial charge in [0.2, 0.25) is 11.7 Å². The van der Waals surface area contributed by atoms with Crippen LogP contribution < -0.4 is 0 Å². The maximum atomic E-state index is 9.52. The minimum absolute atomic E-state index is 0.166. The van der Waals surface area contributed by atoms with Gasteiger partial charge in [-0.25, -0.2) is 0 Å². The fraction of sp³-hybridized carbons (Fsp3) is 0.500. The second-order valence-corrected chi connectivity index (χ2v) is 5.15. The summed E-state index contributed by atoms with van der Waals surface area (Å²) in [5.41, 5.74) is 2.00. The lowest BCUT2D eigenvalue weighted by Crippen LogP contribution is -2.17. The van der Waals surface area contributed by atoms with Crippen LogP contribution in [-0.4, -0.2) is 26.3 Å². The molecular weight excluding hydrogens is 242 g/mol. The molecule has 0 bridgehead atoms. The van der Waals surface area contributed by atoms with Crippen molar-refractivity contribution in [2.24, 2.45) is 0 Å². The van der Waals surface area contributed by atoms with Crippen molar-refractivity contribution < 1.29 is 9.63 Å². The van der Waals surface area contributed by atoms with E-state index in [-0.39, 0.29) is 12.0 Å². The van der Waals surface area contributed by atoms with Crippen LogP contribution >= 0.6 is 0 Å². The summed E-state index contributed by atoms with van der Waals surface area (Å²) >= 11 is 0. The zero-order valence-electron chi connectivity index (χ0n) is 10.9. The Labute approximate surface area is 111 Å². The largest absolute Gasteiger partial charge is 0.393 e. The van der Waals surface area contributed by atoms with Crippen molar-refractivity contribution in [3.63, 3.8) is 0 Å². The van der Waals surface area contributed by atoms with Gasteiger partial charge in [-0.2, -0.15) is 4.98 Å². The highest BCUT2D eigenvalue weighted by atomic mass is 16.5. The first-order valence-corrected chi connectivity index (χ1v) is 6.66. The average Bonchev–Trinajstić information content (AvgIpc) is 2.89. The quantitative estimate of drug-likeness (QED) is 0.896. The molecule has 1 aliphatic carbocycles. The standard InChI is InChI=1S/C14H17N3O2/c1-9-8-15-7-6-12(9)13-16-14(19-17-13)10-2-4-11(18)5-3-10/h6-8,10-11,18H,2-5H2,1H3. The Kier molecular flexibility index (Phi) is 3.29. The Hall–Kier alpha value is -1.75. The van der Waals surface area contributed by atoms with Crippen LogP contribution in [-0.2, 0) is 0 Å². The molecule has 3 rings (SSSR count). The number of aromatic nitrogens is 3. The minimum Gasteiger partial charge on any atom is -0.393 e.